The molecule has 1 aliphatic rings. The second kappa shape index (κ2) is 47.8. The molecule has 0 bridgehead atoms. The Morgan fingerprint density at radius 3 is 1.87 bits per heavy atom. The Morgan fingerprint density at radius 2 is 1.23 bits per heavy atom. The fraction of sp³-hybridized carbons (Fsp3) is 0.518. The van der Waals surface area contributed by atoms with Crippen molar-refractivity contribution < 1.29 is 86.6 Å². The number of hydrogen-bond donors (Lipinski definition) is 21. The van der Waals surface area contributed by atoms with Crippen molar-refractivity contribution in [2.75, 3.05) is 39.3 Å². The molecule has 1 aromatic heterocycles. The quantitative estimate of drug-likeness (QED) is 0.0148. The third-order valence-electron chi connectivity index (χ3n) is 20.4. The first-order chi connectivity index (χ1) is 58.0. The summed E-state index contributed by atoms with van der Waals surface area (Å²) in [5, 5.41) is 48.6. The first-order valence-corrected chi connectivity index (χ1v) is 42.8. The van der Waals surface area contributed by atoms with E-state index in [9.17, 15) is 53.1 Å². The van der Waals surface area contributed by atoms with Gasteiger partial charge in [-0.3, -0.25) is 76.7 Å². The van der Waals surface area contributed by atoms with Gasteiger partial charge in [0.25, 0.3) is 0 Å². The number of aromatic nitrogens is 1. The van der Waals surface area contributed by atoms with Crippen LogP contribution >= 0.6 is 21.6 Å². The second-order valence-corrected chi connectivity index (χ2v) is 35.3. The molecule has 1 fully saturated rings. The van der Waals surface area contributed by atoms with E-state index in [1.165, 1.54) is 41.5 Å². The van der Waals surface area contributed by atoms with E-state index in [-0.39, 0.29) is 103 Å². The average Bonchev–Trinajstić information content (AvgIpc) is 1.65. The molecule has 0 radical (unpaired) electrons. The van der Waals surface area contributed by atoms with Gasteiger partial charge in [-0.1, -0.05) is 94.4 Å². The van der Waals surface area contributed by atoms with Crippen LogP contribution in [0.4, 0.5) is 0 Å². The van der Waals surface area contributed by atoms with Crippen LogP contribution in [0.5, 0.6) is 5.75 Å². The van der Waals surface area contributed by atoms with Crippen LogP contribution in [0.15, 0.2) is 91.1 Å². The Morgan fingerprint density at radius 1 is 0.602 bits per heavy atom. The van der Waals surface area contributed by atoms with Gasteiger partial charge in [-0.25, -0.2) is 0 Å². The number of aryl methyl sites for hydroxylation is 1. The van der Waals surface area contributed by atoms with E-state index in [0.29, 0.717) is 46.2 Å². The Kier molecular flexibility index (Phi) is 39.0. The predicted molar refractivity (Wildman–Crippen MR) is 464 cm³/mol. The number of primary amides is 4. The van der Waals surface area contributed by atoms with Crippen LogP contribution in [0, 0.1) is 6.92 Å². The third-order valence-corrected chi connectivity index (χ3v) is 24.7. The molecule has 1 saturated heterocycles. The van der Waals surface area contributed by atoms with Gasteiger partial charge in [0, 0.05) is 105 Å². The summed E-state index contributed by atoms with van der Waals surface area (Å²) in [7, 11) is 1.76. The zero-order chi connectivity index (χ0) is 91.1. The number of unbranched alkanes of at least 4 members (excludes halogenated alkanes) is 2. The number of aliphatic hydroxyl groups excluding tert-OH is 1. The number of H-pyrrole nitrogens is 1. The maximum absolute atomic E-state index is 16.2. The molecule has 672 valence electrons. The van der Waals surface area contributed by atoms with E-state index >= 15 is 28.8 Å². The number of amides is 16. The largest absolute Gasteiger partial charge is 0.492 e. The third kappa shape index (κ3) is 32.1. The number of para-hydroxylation sites is 1. The van der Waals surface area contributed by atoms with Crippen molar-refractivity contribution in [2.24, 2.45) is 34.4 Å². The SMILES string of the molecule is CC(=O)NCCCC[C@H](NC(=O)[C@](C)(CCCCN)NC(=O)[C@H](Cc1ccc2ccccc2c1)NC(=O)[C@H](Cc1ccc(OCCN)cc1)NC(=O)[C@H]1NC(=O)[C@H](CCC(N)=O)NC(=O)[C@H](Cc2c[nH]c3c(C)cccc23)NC(=O)[C@H]([C@@H](C)O)NC(=O)[C@H](CC(N)=O)NC(=O)[C@@H](NC(C)=O)C(C)(C)SSC1(C)C)C(=O)N[C@H](CNCCC(N)=O)CC(N)=O. The van der Waals surface area contributed by atoms with Gasteiger partial charge >= 0.3 is 0 Å². The molecule has 0 unspecified atom stereocenters. The van der Waals surface area contributed by atoms with Gasteiger partial charge in [0.2, 0.25) is 94.5 Å². The minimum absolute atomic E-state index is 0.0364. The van der Waals surface area contributed by atoms with Crippen molar-refractivity contribution >= 4 is 138 Å². The predicted octanol–water partition coefficient (Wildman–Crippen LogP) is -2.01. The molecule has 0 spiro atoms. The summed E-state index contributed by atoms with van der Waals surface area (Å²) < 4.78 is 2.53. The van der Waals surface area contributed by atoms with Gasteiger partial charge < -0.3 is 118 Å². The lowest BCUT2D eigenvalue weighted by molar-refractivity contribution is -0.138. The molecule has 12 atom stereocenters. The molecule has 2 heterocycles. The number of rotatable bonds is 42. The lowest BCUT2D eigenvalue weighted by Gasteiger charge is -2.39. The summed E-state index contributed by atoms with van der Waals surface area (Å²) in [6.07, 6.45) is -2.65. The maximum atomic E-state index is 16.2. The number of carbonyl (C=O) groups is 16. The van der Waals surface area contributed by atoms with Crippen molar-refractivity contribution in [2.45, 2.75) is 234 Å². The molecule has 6 rings (SSSR count). The van der Waals surface area contributed by atoms with Crippen molar-refractivity contribution in [3.8, 4) is 5.75 Å². The number of nitrogens with one attached hydrogen (secondary N) is 14. The van der Waals surface area contributed by atoms with Crippen LogP contribution in [-0.2, 0) is 96.0 Å². The number of benzene rings is 4. The van der Waals surface area contributed by atoms with Crippen LogP contribution < -0.4 is 108 Å². The number of fused-ring (bicyclic) bond motifs is 2. The number of carbonyl (C=O) groups excluding carboxylic acids is 16. The van der Waals surface area contributed by atoms with Crippen molar-refractivity contribution in [1.29, 1.82) is 0 Å². The second-order valence-electron chi connectivity index (χ2n) is 31.9. The van der Waals surface area contributed by atoms with Gasteiger partial charge in [-0.15, -0.1) is 0 Å². The summed E-state index contributed by atoms with van der Waals surface area (Å²) in [6, 6.07) is 7.68. The normalized spacial score (nSPS) is 19.5. The summed E-state index contributed by atoms with van der Waals surface area (Å²) in [6.45, 7) is 13.5. The van der Waals surface area contributed by atoms with Gasteiger partial charge in [0.1, 0.15) is 72.3 Å². The van der Waals surface area contributed by atoms with Crippen LogP contribution in [-0.4, -0.2) is 225 Å². The average molecular weight is 1750 g/mol. The Labute approximate surface area is 721 Å². The van der Waals surface area contributed by atoms with Gasteiger partial charge in [-0.2, -0.15) is 0 Å². The van der Waals surface area contributed by atoms with Gasteiger partial charge in [-0.05, 0) is 145 Å². The van der Waals surface area contributed by atoms with Crippen molar-refractivity contribution in [3.05, 3.63) is 113 Å². The van der Waals surface area contributed by atoms with E-state index in [2.05, 4.69) is 74.1 Å². The summed E-state index contributed by atoms with van der Waals surface area (Å²) in [5.41, 5.74) is 35.0. The molecule has 4 aromatic carbocycles. The molecule has 5 aromatic rings. The number of nitrogens with two attached hydrogens (primary N) is 6. The molecule has 0 saturated carbocycles. The molecule has 0 aliphatic carbocycles. The lowest BCUT2D eigenvalue weighted by Crippen LogP contribution is -2.65. The number of hydrogen-bond acceptors (Lipinski definition) is 23. The van der Waals surface area contributed by atoms with Crippen LogP contribution in [0.25, 0.3) is 21.7 Å². The van der Waals surface area contributed by atoms with Crippen LogP contribution in [0.1, 0.15) is 148 Å². The van der Waals surface area contributed by atoms with Gasteiger partial charge in [0.15, 0.2) is 0 Å². The standard InChI is InChI=1S/C83H120N20O18S2/c1-45-17-16-20-56-53(43-92-67(45)56)40-61-74(114)95-58(28-29-63(86)107)72(112)102-70(82(7,8)123-122-81(5,6)69(93-48(4)106)78(118)99-62(42-66(89)110)75(115)101-68(46(2)104)77(117)97-61)79(119)98-59(38-49-23-26-55(27-24-49)121-36-33-85)73(113)96-60(39-50-22-25-51-18-10-11-19-52(51)37-50)76(116)103-83(9,31-13-14-32-84)80(120)100-57(21-12-15-34-91-47(3)105)71(111)94-54(41-65(88)109)44-90-35-30-64(87)108/h10-11,16-20,22-27,37,43,46,54,57-62,68-70,90,92,104H,12-15,21,28-36,38-42,44,84-85H2,1-9H3,(H2,86,107)(H2,87,108)(H2,88,109)(H2,89,110)(H,91,105)(H,93,106)(H,94,111)(H,95,114)(H,96,113)(H,97,117)(H,98,119)(H,99,118)(H,100,120)(H,101,115)(H,102,112)(H,103,116)/t46-,54+,57+,58+,59+,60+,61+,62+,68+,69-,70-,83+/m1/s1. The molecule has 123 heavy (non-hydrogen) atoms. The Balaban J connectivity index is 1.52. The summed E-state index contributed by atoms with van der Waals surface area (Å²) >= 11 is 0. The van der Waals surface area contributed by atoms with E-state index in [1.54, 1.807) is 66.9 Å². The fourth-order valence-electron chi connectivity index (χ4n) is 13.7. The van der Waals surface area contributed by atoms with Gasteiger partial charge in [0.05, 0.1) is 18.6 Å². The smallest absolute Gasteiger partial charge is 0.246 e. The molecule has 27 N–H and O–H groups in total. The first-order valence-electron chi connectivity index (χ1n) is 40.6. The molecule has 38 nitrogen and oxygen atoms in total. The minimum atomic E-state index is -1.94. The molecular formula is C83H120N20O18S2. The summed E-state index contributed by atoms with van der Waals surface area (Å²) in [4.78, 5) is 230. The van der Waals surface area contributed by atoms with E-state index < -0.39 is 189 Å². The Bertz CT molecular complexity index is 4590. The highest BCUT2D eigenvalue weighted by atomic mass is 33.1. The van der Waals surface area contributed by atoms with Crippen LogP contribution in [0.3, 0.4) is 0 Å². The van der Waals surface area contributed by atoms with E-state index in [0.717, 1.165) is 51.8 Å². The highest BCUT2D eigenvalue weighted by Crippen LogP contribution is 2.47. The maximum Gasteiger partial charge on any atom is 0.246 e. The van der Waals surface area contributed by atoms with Crippen molar-refractivity contribution in [1.82, 2.24) is 74.1 Å². The molecule has 40 heteroatoms. The van der Waals surface area contributed by atoms with E-state index in [1.807, 2.05) is 31.2 Å². The minimum Gasteiger partial charge on any atom is -0.492 e. The monoisotopic (exact) mass is 1750 g/mol. The summed E-state index contributed by atoms with van der Waals surface area (Å²) in [5.74, 6) is -14.6. The fourth-order valence-corrected chi connectivity index (χ4v) is 16.5. The number of aliphatic hydroxyl groups is 1. The topological polar surface area (TPSA) is 631 Å². The van der Waals surface area contributed by atoms with Crippen molar-refractivity contribution in [3.63, 3.8) is 0 Å². The Hall–Kier alpha value is -11.5. The number of ether oxygens (including phenoxy) is 1. The number of aromatic amines is 1. The zero-order valence-corrected chi connectivity index (χ0v) is 72.5. The molecule has 1 aliphatic heterocycles. The molecular weight excluding hydrogens is 1630 g/mol. The highest BCUT2D eigenvalue weighted by Gasteiger charge is 2.47. The van der Waals surface area contributed by atoms with Crippen LogP contribution in [0.2, 0.25) is 0 Å². The highest BCUT2D eigenvalue weighted by molar-refractivity contribution is 8.77. The zero-order valence-electron chi connectivity index (χ0n) is 70.8. The molecule has 16 amide bonds. The first kappa shape index (κ1) is 100. The lowest BCUT2D eigenvalue weighted by atomic mass is 9.91. The van der Waals surface area contributed by atoms with E-state index in [4.69, 9.17) is 39.1 Å².